The van der Waals surface area contributed by atoms with Gasteiger partial charge in [0.2, 0.25) is 5.91 Å². The average molecular weight is 365 g/mol. The van der Waals surface area contributed by atoms with Gasteiger partial charge in [-0.15, -0.1) is 0 Å². The first-order chi connectivity index (χ1) is 12.3. The first-order valence-electron chi connectivity index (χ1n) is 8.25. The summed E-state index contributed by atoms with van der Waals surface area (Å²) in [6.07, 6.45) is -1.61. The van der Waals surface area contributed by atoms with Gasteiger partial charge in [0, 0.05) is 36.7 Å². The van der Waals surface area contributed by atoms with Crippen LogP contribution in [0.5, 0.6) is 0 Å². The van der Waals surface area contributed by atoms with Crippen molar-refractivity contribution < 1.29 is 18.0 Å². The lowest BCUT2D eigenvalue weighted by Crippen LogP contribution is -2.28. The van der Waals surface area contributed by atoms with E-state index < -0.39 is 29.8 Å². The van der Waals surface area contributed by atoms with Crippen LogP contribution in [0.4, 0.5) is 24.5 Å². The number of nitrogens with one attached hydrogen (secondary N) is 1. The van der Waals surface area contributed by atoms with Gasteiger partial charge >= 0.3 is 6.18 Å². The molecule has 1 amide bonds. The molecular weight excluding hydrogens is 347 g/mol. The molecule has 2 aromatic rings. The van der Waals surface area contributed by atoms with Crippen molar-refractivity contribution in [1.29, 1.82) is 0 Å². The molecule has 1 N–H and O–H groups in total. The first kappa shape index (κ1) is 18.0. The molecule has 0 atom stereocenters. The second kappa shape index (κ2) is 7.23. The predicted octanol–water partition coefficient (Wildman–Crippen LogP) is 3.11. The van der Waals surface area contributed by atoms with Gasteiger partial charge in [-0.1, -0.05) is 0 Å². The van der Waals surface area contributed by atoms with Crippen molar-refractivity contribution in [3.8, 4) is 0 Å². The number of alkyl halides is 3. The summed E-state index contributed by atoms with van der Waals surface area (Å²) in [7, 11) is 0. The van der Waals surface area contributed by atoms with E-state index in [2.05, 4.69) is 10.2 Å². The van der Waals surface area contributed by atoms with Crippen LogP contribution in [0.25, 0.3) is 0 Å². The van der Waals surface area contributed by atoms with Crippen LogP contribution in [0, 0.1) is 0 Å². The highest BCUT2D eigenvalue weighted by molar-refractivity contribution is 5.90. The molecule has 1 saturated heterocycles. The van der Waals surface area contributed by atoms with Crippen LogP contribution in [0.15, 0.2) is 47.4 Å². The van der Waals surface area contributed by atoms with Crippen LogP contribution in [0.3, 0.4) is 0 Å². The summed E-state index contributed by atoms with van der Waals surface area (Å²) in [6.45, 7) is 1.52. The Kier molecular flexibility index (Phi) is 5.01. The molecule has 3 rings (SSSR count). The van der Waals surface area contributed by atoms with Crippen molar-refractivity contribution in [3.63, 3.8) is 0 Å². The van der Waals surface area contributed by atoms with Crippen LogP contribution in [-0.2, 0) is 17.5 Å². The van der Waals surface area contributed by atoms with E-state index in [0.29, 0.717) is 18.0 Å². The minimum atomic E-state index is -4.57. The van der Waals surface area contributed by atoms with E-state index in [9.17, 15) is 22.8 Å². The van der Waals surface area contributed by atoms with Crippen LogP contribution in [0.1, 0.15) is 18.4 Å². The summed E-state index contributed by atoms with van der Waals surface area (Å²) in [5.41, 5.74) is -0.0510. The third-order valence-corrected chi connectivity index (χ3v) is 4.25. The Morgan fingerprint density at radius 3 is 2.31 bits per heavy atom. The Morgan fingerprint density at radius 1 is 1.04 bits per heavy atom. The molecule has 2 heterocycles. The van der Waals surface area contributed by atoms with E-state index in [0.717, 1.165) is 42.3 Å². The predicted molar refractivity (Wildman–Crippen MR) is 92.2 cm³/mol. The Labute approximate surface area is 148 Å². The van der Waals surface area contributed by atoms with Crippen molar-refractivity contribution in [2.75, 3.05) is 23.3 Å². The van der Waals surface area contributed by atoms with Gasteiger partial charge in [-0.05, 0) is 43.2 Å². The van der Waals surface area contributed by atoms with Crippen molar-refractivity contribution >= 4 is 17.3 Å². The second-order valence-corrected chi connectivity index (χ2v) is 6.17. The van der Waals surface area contributed by atoms with Crippen LogP contribution >= 0.6 is 0 Å². The highest BCUT2D eigenvalue weighted by atomic mass is 19.4. The number of rotatable bonds is 4. The number of aromatic nitrogens is 1. The number of hydrogen-bond donors (Lipinski definition) is 1. The first-order valence-corrected chi connectivity index (χ1v) is 8.25. The summed E-state index contributed by atoms with van der Waals surface area (Å²) >= 11 is 0. The van der Waals surface area contributed by atoms with Gasteiger partial charge in [0.15, 0.2) is 0 Å². The molecule has 5 nitrogen and oxygen atoms in total. The highest BCUT2D eigenvalue weighted by Gasteiger charge is 2.31. The van der Waals surface area contributed by atoms with E-state index in [1.165, 1.54) is 0 Å². The van der Waals surface area contributed by atoms with Gasteiger partial charge in [0.25, 0.3) is 5.56 Å². The van der Waals surface area contributed by atoms with E-state index >= 15 is 0 Å². The normalized spacial score (nSPS) is 14.5. The number of benzene rings is 1. The zero-order chi connectivity index (χ0) is 18.7. The Hall–Kier alpha value is -2.77. The maximum Gasteiger partial charge on any atom is 0.417 e. The smallest absolute Gasteiger partial charge is 0.372 e. The summed E-state index contributed by atoms with van der Waals surface area (Å²) in [5, 5.41) is 2.60. The number of carbonyl (C=O) groups is 1. The third-order valence-electron chi connectivity index (χ3n) is 4.25. The van der Waals surface area contributed by atoms with E-state index in [1.807, 2.05) is 12.1 Å². The van der Waals surface area contributed by atoms with Gasteiger partial charge in [-0.25, -0.2) is 0 Å². The molecule has 138 valence electrons. The maximum atomic E-state index is 12.7. The lowest BCUT2D eigenvalue weighted by Gasteiger charge is -2.18. The maximum absolute atomic E-state index is 12.7. The van der Waals surface area contributed by atoms with E-state index in [1.54, 1.807) is 12.1 Å². The molecular formula is C18H18F3N3O2. The molecule has 0 aliphatic carbocycles. The lowest BCUT2D eigenvalue weighted by molar-refractivity contribution is -0.138. The van der Waals surface area contributed by atoms with Gasteiger partial charge < -0.3 is 14.8 Å². The number of anilines is 2. The highest BCUT2D eigenvalue weighted by Crippen LogP contribution is 2.28. The van der Waals surface area contributed by atoms with Crippen molar-refractivity contribution in [2.24, 2.45) is 0 Å². The largest absolute Gasteiger partial charge is 0.417 e. The molecule has 0 radical (unpaired) electrons. The second-order valence-electron chi connectivity index (χ2n) is 6.17. The molecule has 0 bridgehead atoms. The molecule has 1 fully saturated rings. The fourth-order valence-electron chi connectivity index (χ4n) is 2.91. The van der Waals surface area contributed by atoms with Crippen LogP contribution in [0.2, 0.25) is 0 Å². The molecule has 26 heavy (non-hydrogen) atoms. The molecule has 1 aromatic heterocycles. The fraction of sp³-hybridized carbons (Fsp3) is 0.333. The Morgan fingerprint density at radius 2 is 1.69 bits per heavy atom. The number of halogens is 3. The molecule has 0 saturated carbocycles. The lowest BCUT2D eigenvalue weighted by atomic mass is 10.2. The average Bonchev–Trinajstić information content (AvgIpc) is 3.11. The number of pyridine rings is 1. The SMILES string of the molecule is O=C(Cn1cc(C(F)(F)F)ccc1=O)Nc1ccc(N2CCCC2)cc1. The fourth-order valence-corrected chi connectivity index (χ4v) is 2.91. The molecule has 1 aromatic carbocycles. The van der Waals surface area contributed by atoms with Gasteiger partial charge in [0.05, 0.1) is 5.56 Å². The van der Waals surface area contributed by atoms with E-state index in [4.69, 9.17) is 0 Å². The van der Waals surface area contributed by atoms with Crippen molar-refractivity contribution in [2.45, 2.75) is 25.6 Å². The van der Waals surface area contributed by atoms with Gasteiger partial charge in [-0.3, -0.25) is 9.59 Å². The Balaban J connectivity index is 1.66. The number of nitrogens with zero attached hydrogens (tertiary/aromatic N) is 2. The minimum Gasteiger partial charge on any atom is -0.372 e. The molecule has 1 aliphatic rings. The van der Waals surface area contributed by atoms with Crippen LogP contribution in [-0.4, -0.2) is 23.6 Å². The van der Waals surface area contributed by atoms with E-state index in [-0.39, 0.29) is 0 Å². The zero-order valence-electron chi connectivity index (χ0n) is 13.9. The van der Waals surface area contributed by atoms with Gasteiger partial charge in [0.1, 0.15) is 6.54 Å². The molecule has 8 heteroatoms. The number of amides is 1. The molecule has 0 spiro atoms. The zero-order valence-corrected chi connectivity index (χ0v) is 13.9. The van der Waals surface area contributed by atoms with Crippen LogP contribution < -0.4 is 15.8 Å². The van der Waals surface area contributed by atoms with Crippen molar-refractivity contribution in [3.05, 3.63) is 58.5 Å². The summed E-state index contributed by atoms with van der Waals surface area (Å²) in [4.78, 5) is 26.0. The minimum absolute atomic E-state index is 0.489. The number of hydrogen-bond acceptors (Lipinski definition) is 3. The number of carbonyl (C=O) groups excluding carboxylic acids is 1. The Bertz CT molecular complexity index is 838. The molecule has 0 unspecified atom stereocenters. The monoisotopic (exact) mass is 365 g/mol. The summed E-state index contributed by atoms with van der Waals surface area (Å²) in [6, 6.07) is 8.75. The third kappa shape index (κ3) is 4.25. The van der Waals surface area contributed by atoms with Gasteiger partial charge in [-0.2, -0.15) is 13.2 Å². The summed E-state index contributed by atoms with van der Waals surface area (Å²) in [5.74, 6) is -0.569. The quantitative estimate of drug-likeness (QED) is 0.906. The standard InChI is InChI=1S/C18H18F3N3O2/c19-18(20,21)13-3-8-17(26)24(11-13)12-16(25)22-14-4-6-15(7-5-14)23-9-1-2-10-23/h3-8,11H,1-2,9-10,12H2,(H,22,25). The molecule has 1 aliphatic heterocycles. The van der Waals surface area contributed by atoms with Crippen molar-refractivity contribution in [1.82, 2.24) is 4.57 Å². The summed E-state index contributed by atoms with van der Waals surface area (Å²) < 4.78 is 38.9. The topological polar surface area (TPSA) is 54.3 Å².